The first-order valence-corrected chi connectivity index (χ1v) is 4.84. The Morgan fingerprint density at radius 1 is 1.31 bits per heavy atom. The molecule has 0 bridgehead atoms. The van der Waals surface area contributed by atoms with Crippen molar-refractivity contribution in [2.75, 3.05) is 13.2 Å². The topological polar surface area (TPSA) is 82.1 Å². The summed E-state index contributed by atoms with van der Waals surface area (Å²) in [6.07, 6.45) is 0. The lowest BCUT2D eigenvalue weighted by Gasteiger charge is -2.30. The summed E-state index contributed by atoms with van der Waals surface area (Å²) < 4.78 is 14.5. The lowest BCUT2D eigenvalue weighted by atomic mass is 10.2. The van der Waals surface area contributed by atoms with Gasteiger partial charge in [0.25, 0.3) is 5.79 Å². The summed E-state index contributed by atoms with van der Waals surface area (Å²) in [5.74, 6) is -3.59. The molecule has 1 aliphatic heterocycles. The highest BCUT2D eigenvalue weighted by atomic mass is 16.7. The first-order chi connectivity index (χ1) is 7.37. The van der Waals surface area contributed by atoms with Crippen molar-refractivity contribution in [2.24, 2.45) is 0 Å². The number of aliphatic hydroxyl groups is 1. The molecule has 0 saturated carbocycles. The van der Waals surface area contributed by atoms with Gasteiger partial charge in [0.1, 0.15) is 12.4 Å². The fourth-order valence-corrected chi connectivity index (χ4v) is 1.16. The van der Waals surface area contributed by atoms with E-state index in [-0.39, 0.29) is 6.61 Å². The number of hydrogen-bond acceptors (Lipinski definition) is 6. The van der Waals surface area contributed by atoms with Gasteiger partial charge in [-0.3, -0.25) is 0 Å². The van der Waals surface area contributed by atoms with E-state index in [1.807, 2.05) is 0 Å². The maximum Gasteiger partial charge on any atom is 0.352 e. The molecule has 0 aromatic rings. The Morgan fingerprint density at radius 2 is 1.81 bits per heavy atom. The van der Waals surface area contributed by atoms with Gasteiger partial charge in [-0.25, -0.2) is 9.59 Å². The summed E-state index contributed by atoms with van der Waals surface area (Å²) in [6, 6.07) is 0. The minimum atomic E-state index is -1.30. The molecule has 0 amide bonds. The first kappa shape index (κ1) is 12.5. The second-order valence-corrected chi connectivity index (χ2v) is 3.64. The zero-order chi connectivity index (χ0) is 12.3. The van der Waals surface area contributed by atoms with Crippen molar-refractivity contribution < 1.29 is 28.9 Å². The second-order valence-electron chi connectivity index (χ2n) is 3.64. The summed E-state index contributed by atoms with van der Waals surface area (Å²) in [4.78, 5) is 22.9. The highest BCUT2D eigenvalue weighted by Gasteiger charge is 2.41. The standard InChI is InChI=1S/C10H14O6/c1-4-14-5-6(11)7-8(12)15-10(2,3)16-9(7)13/h11H,4-5H2,1-3H3. The van der Waals surface area contributed by atoms with Crippen LogP contribution in [0.1, 0.15) is 20.8 Å². The number of aliphatic hydroxyl groups excluding tert-OH is 1. The van der Waals surface area contributed by atoms with Crippen LogP contribution in [0.4, 0.5) is 0 Å². The monoisotopic (exact) mass is 230 g/mol. The molecule has 16 heavy (non-hydrogen) atoms. The molecule has 0 unspecified atom stereocenters. The maximum atomic E-state index is 11.4. The van der Waals surface area contributed by atoms with Crippen LogP contribution >= 0.6 is 0 Å². The average Bonchev–Trinajstić information content (AvgIpc) is 2.11. The maximum absolute atomic E-state index is 11.4. The van der Waals surface area contributed by atoms with Gasteiger partial charge in [-0.1, -0.05) is 0 Å². The zero-order valence-electron chi connectivity index (χ0n) is 9.40. The van der Waals surface area contributed by atoms with Gasteiger partial charge in [0.05, 0.1) is 0 Å². The molecule has 0 aromatic heterocycles. The third-order valence-corrected chi connectivity index (χ3v) is 1.82. The molecule has 0 aromatic carbocycles. The normalized spacial score (nSPS) is 19.1. The Kier molecular flexibility index (Phi) is 3.54. The van der Waals surface area contributed by atoms with Gasteiger partial charge in [0.2, 0.25) is 0 Å². The van der Waals surface area contributed by atoms with Gasteiger partial charge < -0.3 is 19.3 Å². The number of esters is 2. The van der Waals surface area contributed by atoms with E-state index in [9.17, 15) is 14.7 Å². The first-order valence-electron chi connectivity index (χ1n) is 4.84. The molecule has 1 N–H and O–H groups in total. The van der Waals surface area contributed by atoms with Crippen molar-refractivity contribution in [3.8, 4) is 0 Å². The smallest absolute Gasteiger partial charge is 0.352 e. The summed E-state index contributed by atoms with van der Waals surface area (Å²) in [6.45, 7) is 4.71. The van der Waals surface area contributed by atoms with Crippen LogP contribution in [0.25, 0.3) is 0 Å². The van der Waals surface area contributed by atoms with Crippen LogP contribution in [-0.4, -0.2) is 36.0 Å². The lowest BCUT2D eigenvalue weighted by molar-refractivity contribution is -0.222. The van der Waals surface area contributed by atoms with E-state index in [0.717, 1.165) is 0 Å². The number of carbonyl (C=O) groups excluding carboxylic acids is 2. The number of carbonyl (C=O) groups is 2. The fourth-order valence-electron chi connectivity index (χ4n) is 1.16. The summed E-state index contributed by atoms with van der Waals surface area (Å²) in [5, 5.41) is 9.47. The Morgan fingerprint density at radius 3 is 2.25 bits per heavy atom. The van der Waals surface area contributed by atoms with Crippen LogP contribution in [-0.2, 0) is 23.8 Å². The van der Waals surface area contributed by atoms with Crippen molar-refractivity contribution in [3.05, 3.63) is 11.3 Å². The van der Waals surface area contributed by atoms with Gasteiger partial charge in [0, 0.05) is 20.5 Å². The van der Waals surface area contributed by atoms with Gasteiger partial charge in [0.15, 0.2) is 5.57 Å². The molecule has 0 radical (unpaired) electrons. The molecule has 6 nitrogen and oxygen atoms in total. The van der Waals surface area contributed by atoms with Crippen LogP contribution in [0.5, 0.6) is 0 Å². The highest BCUT2D eigenvalue weighted by molar-refractivity contribution is 6.15. The van der Waals surface area contributed by atoms with Crippen LogP contribution in [0.3, 0.4) is 0 Å². The summed E-state index contributed by atoms with van der Waals surface area (Å²) in [7, 11) is 0. The Bertz CT molecular complexity index is 319. The van der Waals surface area contributed by atoms with Crippen molar-refractivity contribution in [2.45, 2.75) is 26.6 Å². The van der Waals surface area contributed by atoms with Crippen molar-refractivity contribution >= 4 is 11.9 Å². The summed E-state index contributed by atoms with van der Waals surface area (Å²) >= 11 is 0. The van der Waals surface area contributed by atoms with Crippen molar-refractivity contribution in [1.29, 1.82) is 0 Å². The minimum absolute atomic E-state index is 0.226. The Hall–Kier alpha value is -1.56. The SMILES string of the molecule is CCOCC(O)=C1C(=O)OC(C)(C)OC1=O. The zero-order valence-corrected chi connectivity index (χ0v) is 9.40. The molecule has 1 saturated heterocycles. The number of cyclic esters (lactones) is 2. The van der Waals surface area contributed by atoms with Crippen molar-refractivity contribution in [3.63, 3.8) is 0 Å². The van der Waals surface area contributed by atoms with E-state index in [1.165, 1.54) is 13.8 Å². The number of ether oxygens (including phenoxy) is 3. The predicted octanol–water partition coefficient (Wildman–Crippen LogP) is 0.671. The highest BCUT2D eigenvalue weighted by Crippen LogP contribution is 2.23. The third-order valence-electron chi connectivity index (χ3n) is 1.82. The Balaban J connectivity index is 2.89. The molecule has 1 aliphatic rings. The molecular weight excluding hydrogens is 216 g/mol. The van der Waals surface area contributed by atoms with E-state index in [0.29, 0.717) is 6.61 Å². The molecule has 1 fully saturated rings. The van der Waals surface area contributed by atoms with Gasteiger partial charge in [-0.15, -0.1) is 0 Å². The summed E-state index contributed by atoms with van der Waals surface area (Å²) in [5.41, 5.74) is -0.507. The van der Waals surface area contributed by atoms with E-state index in [4.69, 9.17) is 14.2 Å². The average molecular weight is 230 g/mol. The van der Waals surface area contributed by atoms with Gasteiger partial charge in [-0.2, -0.15) is 0 Å². The molecule has 90 valence electrons. The van der Waals surface area contributed by atoms with Gasteiger partial charge >= 0.3 is 11.9 Å². The molecule has 6 heteroatoms. The Labute approximate surface area is 92.8 Å². The van der Waals surface area contributed by atoms with Crippen LogP contribution < -0.4 is 0 Å². The lowest BCUT2D eigenvalue weighted by Crippen LogP contribution is -2.42. The van der Waals surface area contributed by atoms with E-state index >= 15 is 0 Å². The molecule has 0 atom stereocenters. The fraction of sp³-hybridized carbons (Fsp3) is 0.600. The molecule has 1 rings (SSSR count). The largest absolute Gasteiger partial charge is 0.509 e. The predicted molar refractivity (Wildman–Crippen MR) is 52.4 cm³/mol. The molecule has 1 heterocycles. The molecular formula is C10H14O6. The minimum Gasteiger partial charge on any atom is -0.509 e. The van der Waals surface area contributed by atoms with Crippen LogP contribution in [0.15, 0.2) is 11.3 Å². The third kappa shape index (κ3) is 2.73. The number of hydrogen-bond donors (Lipinski definition) is 1. The van der Waals surface area contributed by atoms with Crippen LogP contribution in [0.2, 0.25) is 0 Å². The quantitative estimate of drug-likeness (QED) is 0.332. The van der Waals surface area contributed by atoms with Crippen molar-refractivity contribution in [1.82, 2.24) is 0 Å². The second kappa shape index (κ2) is 4.52. The van der Waals surface area contributed by atoms with E-state index in [1.54, 1.807) is 6.92 Å². The molecule has 0 spiro atoms. The van der Waals surface area contributed by atoms with Crippen LogP contribution in [0, 0.1) is 0 Å². The molecule has 0 aliphatic carbocycles. The van der Waals surface area contributed by atoms with E-state index in [2.05, 4.69) is 0 Å². The van der Waals surface area contributed by atoms with E-state index < -0.39 is 29.1 Å². The number of rotatable bonds is 3. The van der Waals surface area contributed by atoms with Gasteiger partial charge in [-0.05, 0) is 6.92 Å².